The summed E-state index contributed by atoms with van der Waals surface area (Å²) in [4.78, 5) is 20.1. The van der Waals surface area contributed by atoms with E-state index in [0.717, 1.165) is 43.5 Å². The highest BCUT2D eigenvalue weighted by atomic mass is 35.5. The number of carbonyl (C=O) groups is 1. The van der Waals surface area contributed by atoms with Crippen LogP contribution in [0.5, 0.6) is 0 Å². The summed E-state index contributed by atoms with van der Waals surface area (Å²) in [7, 11) is 0. The molecule has 0 bridgehead atoms. The fourth-order valence-corrected chi connectivity index (χ4v) is 4.84. The first-order chi connectivity index (χ1) is 14.2. The molecule has 0 radical (unpaired) electrons. The van der Waals surface area contributed by atoms with Crippen LogP contribution in [-0.4, -0.2) is 21.9 Å². The Labute approximate surface area is 174 Å². The van der Waals surface area contributed by atoms with E-state index in [1.807, 2.05) is 0 Å². The van der Waals surface area contributed by atoms with E-state index in [4.69, 9.17) is 16.0 Å². The fourth-order valence-electron chi connectivity index (χ4n) is 4.67. The number of pyridine rings is 1. The number of hydrogen-bond donors (Lipinski definition) is 1. The van der Waals surface area contributed by atoms with Gasteiger partial charge in [0.2, 0.25) is 0 Å². The number of alkyl halides is 3. The first-order valence-corrected chi connectivity index (χ1v) is 9.99. The topological polar surface area (TPSA) is 68.0 Å². The van der Waals surface area contributed by atoms with Crippen LogP contribution in [0.25, 0.3) is 11.1 Å². The molecule has 9 heteroatoms. The van der Waals surface area contributed by atoms with Gasteiger partial charge in [-0.25, -0.2) is 4.98 Å². The van der Waals surface area contributed by atoms with Gasteiger partial charge in [-0.1, -0.05) is 11.6 Å². The van der Waals surface area contributed by atoms with Gasteiger partial charge >= 0.3 is 6.18 Å². The number of rotatable bonds is 3. The van der Waals surface area contributed by atoms with Crippen molar-refractivity contribution in [1.82, 2.24) is 15.3 Å². The monoisotopic (exact) mass is 435 g/mol. The van der Waals surface area contributed by atoms with E-state index in [0.29, 0.717) is 16.5 Å². The second-order valence-corrected chi connectivity index (χ2v) is 8.71. The molecule has 2 heterocycles. The van der Waals surface area contributed by atoms with Crippen molar-refractivity contribution in [1.29, 1.82) is 0 Å². The average Bonchev–Trinajstić information content (AvgIpc) is 3.04. The van der Waals surface area contributed by atoms with Crippen LogP contribution < -0.4 is 5.32 Å². The van der Waals surface area contributed by atoms with Gasteiger partial charge in [0.25, 0.3) is 5.91 Å². The molecule has 2 aliphatic rings. The molecule has 5 nitrogen and oxygen atoms in total. The lowest BCUT2D eigenvalue weighted by Gasteiger charge is -2.57. The van der Waals surface area contributed by atoms with Crippen LogP contribution in [0.4, 0.5) is 13.2 Å². The van der Waals surface area contributed by atoms with E-state index in [1.54, 1.807) is 18.2 Å². The molecule has 1 N–H and O–H groups in total. The third kappa shape index (κ3) is 3.43. The molecule has 2 saturated carbocycles. The van der Waals surface area contributed by atoms with Gasteiger partial charge in [-0.3, -0.25) is 9.78 Å². The molecule has 0 saturated heterocycles. The Morgan fingerprint density at radius 1 is 1.17 bits per heavy atom. The molecule has 1 spiro atoms. The van der Waals surface area contributed by atoms with Crippen molar-refractivity contribution in [2.75, 3.05) is 0 Å². The summed E-state index contributed by atoms with van der Waals surface area (Å²) in [5.74, 6) is 0.443. The van der Waals surface area contributed by atoms with Crippen LogP contribution in [0.3, 0.4) is 0 Å². The third-order valence-electron chi connectivity index (χ3n) is 6.08. The maximum Gasteiger partial charge on any atom is 0.433 e. The highest BCUT2D eigenvalue weighted by molar-refractivity contribution is 6.31. The zero-order valence-electron chi connectivity index (χ0n) is 15.7. The number of nitrogens with zero attached hydrogens (tertiary/aromatic N) is 2. The van der Waals surface area contributed by atoms with Gasteiger partial charge < -0.3 is 9.73 Å². The van der Waals surface area contributed by atoms with E-state index in [9.17, 15) is 18.0 Å². The van der Waals surface area contributed by atoms with Gasteiger partial charge in [-0.05, 0) is 61.4 Å². The lowest BCUT2D eigenvalue weighted by atomic mass is 9.50. The summed E-state index contributed by atoms with van der Waals surface area (Å²) in [5.41, 5.74) is 0.505. The van der Waals surface area contributed by atoms with E-state index >= 15 is 0 Å². The standard InChI is InChI=1S/C21H17ClF3N3O2/c22-13-1-2-16-15(6-13)28-19(30-16)12-7-20(8-12)9-14(10-20)27-18(29)11-3-4-26-17(5-11)21(23,24)25/h1-6,12,14H,7-10H2,(H,27,29). The number of oxazole rings is 1. The highest BCUT2D eigenvalue weighted by Crippen LogP contribution is 2.61. The summed E-state index contributed by atoms with van der Waals surface area (Å²) in [6.07, 6.45) is -0.115. The Morgan fingerprint density at radius 2 is 1.93 bits per heavy atom. The maximum atomic E-state index is 12.8. The van der Waals surface area contributed by atoms with Crippen LogP contribution in [0.1, 0.15) is 53.5 Å². The minimum Gasteiger partial charge on any atom is -0.440 e. The molecule has 1 amide bonds. The number of aromatic nitrogens is 2. The van der Waals surface area contributed by atoms with Crippen LogP contribution in [0.15, 0.2) is 40.9 Å². The maximum absolute atomic E-state index is 12.8. The molecule has 0 unspecified atom stereocenters. The Bertz CT molecular complexity index is 1130. The van der Waals surface area contributed by atoms with E-state index in [1.165, 1.54) is 6.07 Å². The smallest absolute Gasteiger partial charge is 0.433 e. The fraction of sp³-hybridized carbons (Fsp3) is 0.381. The van der Waals surface area contributed by atoms with Crippen molar-refractivity contribution >= 4 is 28.6 Å². The van der Waals surface area contributed by atoms with Gasteiger partial charge in [-0.2, -0.15) is 13.2 Å². The Hall–Kier alpha value is -2.61. The molecule has 2 aromatic heterocycles. The SMILES string of the molecule is O=C(NC1CC2(C1)CC(c1nc3cc(Cl)ccc3o1)C2)c1ccnc(C(F)(F)F)c1. The Kier molecular flexibility index (Phi) is 4.32. The molecule has 3 aromatic rings. The first kappa shape index (κ1) is 19.4. The minimum atomic E-state index is -4.58. The second kappa shape index (κ2) is 6.70. The molecule has 1 aromatic carbocycles. The zero-order chi connectivity index (χ0) is 21.1. The molecule has 156 valence electrons. The predicted molar refractivity (Wildman–Crippen MR) is 103 cm³/mol. The summed E-state index contributed by atoms with van der Waals surface area (Å²) in [6.45, 7) is 0. The number of halogens is 4. The third-order valence-corrected chi connectivity index (χ3v) is 6.32. The summed E-state index contributed by atoms with van der Waals surface area (Å²) >= 11 is 5.99. The summed E-state index contributed by atoms with van der Waals surface area (Å²) in [6, 6.07) is 7.38. The van der Waals surface area contributed by atoms with Gasteiger partial charge in [0, 0.05) is 28.7 Å². The molecular formula is C21H17ClF3N3O2. The van der Waals surface area contributed by atoms with Crippen LogP contribution in [0, 0.1) is 5.41 Å². The van der Waals surface area contributed by atoms with Gasteiger partial charge in [0.15, 0.2) is 11.5 Å². The number of hydrogen-bond acceptors (Lipinski definition) is 4. The van der Waals surface area contributed by atoms with Crippen molar-refractivity contribution < 1.29 is 22.4 Å². The van der Waals surface area contributed by atoms with Crippen LogP contribution in [-0.2, 0) is 6.18 Å². The quantitative estimate of drug-likeness (QED) is 0.602. The van der Waals surface area contributed by atoms with Crippen molar-refractivity contribution in [2.24, 2.45) is 5.41 Å². The average molecular weight is 436 g/mol. The van der Waals surface area contributed by atoms with E-state index < -0.39 is 17.8 Å². The lowest BCUT2D eigenvalue weighted by Crippen LogP contribution is -2.55. The van der Waals surface area contributed by atoms with Gasteiger partial charge in [0.1, 0.15) is 11.2 Å². The summed E-state index contributed by atoms with van der Waals surface area (Å²) < 4.78 is 44.2. The molecule has 2 fully saturated rings. The minimum absolute atomic E-state index is 0.0325. The molecule has 0 aliphatic heterocycles. The second-order valence-electron chi connectivity index (χ2n) is 8.28. The number of amides is 1. The largest absolute Gasteiger partial charge is 0.440 e. The first-order valence-electron chi connectivity index (χ1n) is 9.61. The number of benzene rings is 1. The number of carbonyl (C=O) groups excluding carboxylic acids is 1. The molecule has 30 heavy (non-hydrogen) atoms. The Morgan fingerprint density at radius 3 is 2.67 bits per heavy atom. The van der Waals surface area contributed by atoms with Crippen LogP contribution in [0.2, 0.25) is 5.02 Å². The predicted octanol–water partition coefficient (Wildman–Crippen LogP) is 5.35. The molecule has 5 rings (SSSR count). The molecular weight excluding hydrogens is 419 g/mol. The van der Waals surface area contributed by atoms with Crippen molar-refractivity contribution in [3.63, 3.8) is 0 Å². The molecule has 2 aliphatic carbocycles. The Balaban J connectivity index is 1.17. The van der Waals surface area contributed by atoms with E-state index in [2.05, 4.69) is 15.3 Å². The van der Waals surface area contributed by atoms with Crippen molar-refractivity contribution in [3.05, 3.63) is 58.7 Å². The van der Waals surface area contributed by atoms with Crippen molar-refractivity contribution in [2.45, 2.75) is 43.8 Å². The summed E-state index contributed by atoms with van der Waals surface area (Å²) in [5, 5.41) is 3.44. The lowest BCUT2D eigenvalue weighted by molar-refractivity contribution is -0.141. The molecule has 0 atom stereocenters. The highest BCUT2D eigenvalue weighted by Gasteiger charge is 2.54. The van der Waals surface area contributed by atoms with Gasteiger partial charge in [0.05, 0.1) is 0 Å². The number of nitrogens with one attached hydrogen (secondary N) is 1. The van der Waals surface area contributed by atoms with E-state index in [-0.39, 0.29) is 22.9 Å². The zero-order valence-corrected chi connectivity index (χ0v) is 16.4. The van der Waals surface area contributed by atoms with Crippen LogP contribution >= 0.6 is 11.6 Å². The number of fused-ring (bicyclic) bond motifs is 1. The normalized spacial score (nSPS) is 25.7. The van der Waals surface area contributed by atoms with Crippen molar-refractivity contribution in [3.8, 4) is 0 Å². The van der Waals surface area contributed by atoms with Gasteiger partial charge in [-0.15, -0.1) is 0 Å².